The third-order valence-corrected chi connectivity index (χ3v) is 3.12. The van der Waals surface area contributed by atoms with Crippen LogP contribution >= 0.6 is 23.2 Å². The van der Waals surface area contributed by atoms with Gasteiger partial charge in [0, 0.05) is 13.1 Å². The van der Waals surface area contributed by atoms with Crippen molar-refractivity contribution < 1.29 is 4.79 Å². The molecule has 0 atom stereocenters. The molecule has 1 aromatic rings. The smallest absolute Gasteiger partial charge is 0.239 e. The number of hydrogen-bond acceptors (Lipinski definition) is 2. The van der Waals surface area contributed by atoms with Gasteiger partial charge in [0.1, 0.15) is 0 Å². The van der Waals surface area contributed by atoms with E-state index in [2.05, 4.69) is 5.32 Å². The van der Waals surface area contributed by atoms with Crippen molar-refractivity contribution in [2.24, 2.45) is 0 Å². The van der Waals surface area contributed by atoms with Crippen molar-refractivity contribution in [1.29, 1.82) is 0 Å². The maximum Gasteiger partial charge on any atom is 0.239 e. The Balaban J connectivity index is 2.28. The predicted molar refractivity (Wildman–Crippen MR) is 61.7 cm³/mol. The van der Waals surface area contributed by atoms with Gasteiger partial charge in [-0.2, -0.15) is 0 Å². The standard InChI is InChI=1S/C10H10Cl2N2O/c11-7-2-1-3-8(10(7)12)14-5-4-13-9(15)6-14/h1-3H,4-6H2,(H,13,15). The number of rotatable bonds is 1. The zero-order valence-corrected chi connectivity index (χ0v) is 9.48. The number of piperazine rings is 1. The van der Waals surface area contributed by atoms with Crippen LogP contribution in [0.5, 0.6) is 0 Å². The summed E-state index contributed by atoms with van der Waals surface area (Å²) in [5.74, 6) is 0.0114. The summed E-state index contributed by atoms with van der Waals surface area (Å²) in [6.07, 6.45) is 0. The molecule has 1 heterocycles. The van der Waals surface area contributed by atoms with Crippen molar-refractivity contribution in [3.63, 3.8) is 0 Å². The maximum absolute atomic E-state index is 11.2. The van der Waals surface area contributed by atoms with E-state index in [1.54, 1.807) is 6.07 Å². The quantitative estimate of drug-likeness (QED) is 0.819. The topological polar surface area (TPSA) is 32.3 Å². The highest BCUT2D eigenvalue weighted by molar-refractivity contribution is 6.43. The molecule has 15 heavy (non-hydrogen) atoms. The van der Waals surface area contributed by atoms with Gasteiger partial charge in [0.2, 0.25) is 5.91 Å². The Kier molecular flexibility index (Phi) is 3.03. The Hall–Kier alpha value is -0.930. The molecular weight excluding hydrogens is 235 g/mol. The fourth-order valence-electron chi connectivity index (χ4n) is 1.58. The first-order valence-electron chi connectivity index (χ1n) is 4.64. The Morgan fingerprint density at radius 1 is 1.33 bits per heavy atom. The molecule has 1 aliphatic rings. The first kappa shape index (κ1) is 10.6. The number of carbonyl (C=O) groups excluding carboxylic acids is 1. The average molecular weight is 245 g/mol. The molecule has 80 valence electrons. The molecule has 0 aliphatic carbocycles. The summed E-state index contributed by atoms with van der Waals surface area (Å²) in [4.78, 5) is 13.1. The lowest BCUT2D eigenvalue weighted by molar-refractivity contribution is -0.120. The van der Waals surface area contributed by atoms with Crippen LogP contribution in [0.1, 0.15) is 0 Å². The van der Waals surface area contributed by atoms with Crippen LogP contribution in [0.2, 0.25) is 10.0 Å². The van der Waals surface area contributed by atoms with Crippen molar-refractivity contribution in [2.45, 2.75) is 0 Å². The third-order valence-electron chi connectivity index (χ3n) is 2.31. The van der Waals surface area contributed by atoms with Crippen molar-refractivity contribution in [1.82, 2.24) is 5.32 Å². The Morgan fingerprint density at radius 2 is 2.13 bits per heavy atom. The number of amides is 1. The fraction of sp³-hybridized carbons (Fsp3) is 0.300. The van der Waals surface area contributed by atoms with Gasteiger partial charge in [-0.05, 0) is 12.1 Å². The Morgan fingerprint density at radius 3 is 2.87 bits per heavy atom. The van der Waals surface area contributed by atoms with Crippen molar-refractivity contribution in [2.75, 3.05) is 24.5 Å². The van der Waals surface area contributed by atoms with Crippen molar-refractivity contribution in [3.8, 4) is 0 Å². The maximum atomic E-state index is 11.2. The summed E-state index contributed by atoms with van der Waals surface area (Å²) in [5, 5.41) is 3.78. The molecule has 5 heteroatoms. The second-order valence-corrected chi connectivity index (χ2v) is 4.13. The monoisotopic (exact) mass is 244 g/mol. The molecule has 3 nitrogen and oxygen atoms in total. The summed E-state index contributed by atoms with van der Waals surface area (Å²) in [7, 11) is 0. The molecule has 1 amide bonds. The highest BCUT2D eigenvalue weighted by Crippen LogP contribution is 2.32. The van der Waals surface area contributed by atoms with E-state index in [-0.39, 0.29) is 5.91 Å². The van der Waals surface area contributed by atoms with E-state index < -0.39 is 0 Å². The summed E-state index contributed by atoms with van der Waals surface area (Å²) >= 11 is 12.0. The third kappa shape index (κ3) is 2.19. The highest BCUT2D eigenvalue weighted by atomic mass is 35.5. The van der Waals surface area contributed by atoms with Crippen LogP contribution < -0.4 is 10.2 Å². The molecular formula is C10H10Cl2N2O. The van der Waals surface area contributed by atoms with E-state index in [4.69, 9.17) is 23.2 Å². The van der Waals surface area contributed by atoms with Gasteiger partial charge in [0.25, 0.3) is 0 Å². The van der Waals surface area contributed by atoms with Crippen LogP contribution in [0, 0.1) is 0 Å². The Bertz CT molecular complexity index is 395. The van der Waals surface area contributed by atoms with E-state index >= 15 is 0 Å². The minimum Gasteiger partial charge on any atom is -0.359 e. The van der Waals surface area contributed by atoms with E-state index in [0.717, 1.165) is 12.2 Å². The highest BCUT2D eigenvalue weighted by Gasteiger charge is 2.19. The van der Waals surface area contributed by atoms with Crippen LogP contribution in [0.4, 0.5) is 5.69 Å². The van der Waals surface area contributed by atoms with Crippen molar-refractivity contribution in [3.05, 3.63) is 28.2 Å². The molecule has 1 N–H and O–H groups in total. The van der Waals surface area contributed by atoms with Gasteiger partial charge >= 0.3 is 0 Å². The largest absolute Gasteiger partial charge is 0.359 e. The number of benzene rings is 1. The molecule has 0 radical (unpaired) electrons. The number of halogens is 2. The number of nitrogens with zero attached hydrogens (tertiary/aromatic N) is 1. The van der Waals surface area contributed by atoms with E-state index in [9.17, 15) is 4.79 Å². The van der Waals surface area contributed by atoms with Gasteiger partial charge in [0.05, 0.1) is 22.3 Å². The zero-order valence-electron chi connectivity index (χ0n) is 7.96. The molecule has 0 unspecified atom stereocenters. The summed E-state index contributed by atoms with van der Waals surface area (Å²) in [6.45, 7) is 1.73. The zero-order chi connectivity index (χ0) is 10.8. The van der Waals surface area contributed by atoms with Crippen LogP contribution in [-0.4, -0.2) is 25.5 Å². The molecule has 0 saturated carbocycles. The van der Waals surface area contributed by atoms with Crippen molar-refractivity contribution >= 4 is 34.8 Å². The number of hydrogen-bond donors (Lipinski definition) is 1. The van der Waals surface area contributed by atoms with Crippen LogP contribution in [0.3, 0.4) is 0 Å². The SMILES string of the molecule is O=C1CN(c2cccc(Cl)c2Cl)CCN1. The average Bonchev–Trinajstić information content (AvgIpc) is 2.22. The number of carbonyl (C=O) groups is 1. The minimum atomic E-state index is 0.0114. The molecule has 1 saturated heterocycles. The van der Waals surface area contributed by atoms with Gasteiger partial charge in [0.15, 0.2) is 0 Å². The summed E-state index contributed by atoms with van der Waals surface area (Å²) in [5.41, 5.74) is 0.819. The lowest BCUT2D eigenvalue weighted by atomic mass is 10.2. The van der Waals surface area contributed by atoms with Crippen LogP contribution in [0.25, 0.3) is 0 Å². The Labute approximate surface area is 98.0 Å². The number of nitrogens with one attached hydrogen (secondary N) is 1. The van der Waals surface area contributed by atoms with Crippen LogP contribution in [-0.2, 0) is 4.79 Å². The number of anilines is 1. The van der Waals surface area contributed by atoms with E-state index in [0.29, 0.717) is 23.1 Å². The molecule has 0 bridgehead atoms. The minimum absolute atomic E-state index is 0.0114. The molecule has 1 aliphatic heterocycles. The summed E-state index contributed by atoms with van der Waals surface area (Å²) in [6, 6.07) is 5.43. The fourth-order valence-corrected chi connectivity index (χ4v) is 2.00. The van der Waals surface area contributed by atoms with E-state index in [1.165, 1.54) is 0 Å². The van der Waals surface area contributed by atoms with Gasteiger partial charge in [-0.15, -0.1) is 0 Å². The first-order valence-corrected chi connectivity index (χ1v) is 5.40. The molecule has 1 fully saturated rings. The second-order valence-electron chi connectivity index (χ2n) is 3.34. The van der Waals surface area contributed by atoms with Gasteiger partial charge in [-0.1, -0.05) is 29.3 Å². The van der Waals surface area contributed by atoms with Gasteiger partial charge in [-0.25, -0.2) is 0 Å². The summed E-state index contributed by atoms with van der Waals surface area (Å²) < 4.78 is 0. The lowest BCUT2D eigenvalue weighted by Crippen LogP contribution is -2.47. The van der Waals surface area contributed by atoms with Gasteiger partial charge in [-0.3, -0.25) is 4.79 Å². The first-order chi connectivity index (χ1) is 7.18. The van der Waals surface area contributed by atoms with Gasteiger partial charge < -0.3 is 10.2 Å². The molecule has 0 spiro atoms. The molecule has 2 rings (SSSR count). The normalized spacial score (nSPS) is 16.4. The van der Waals surface area contributed by atoms with Crippen LogP contribution in [0.15, 0.2) is 18.2 Å². The molecule has 0 aromatic heterocycles. The predicted octanol–water partition coefficient (Wildman–Crippen LogP) is 1.93. The van der Waals surface area contributed by atoms with E-state index in [1.807, 2.05) is 17.0 Å². The lowest BCUT2D eigenvalue weighted by Gasteiger charge is -2.29. The molecule has 1 aromatic carbocycles. The second kappa shape index (κ2) is 4.29.